The van der Waals surface area contributed by atoms with E-state index in [1.165, 1.54) is 78.3 Å². The fraction of sp³-hybridized carbons (Fsp3) is 0.191. The van der Waals surface area contributed by atoms with Crippen LogP contribution in [0.15, 0.2) is 394 Å². The van der Waals surface area contributed by atoms with Gasteiger partial charge in [0.15, 0.2) is 58.7 Å². The van der Waals surface area contributed by atoms with Crippen molar-refractivity contribution in [3.8, 4) is 23.0 Å². The molecule has 0 saturated heterocycles. The topological polar surface area (TPSA) is 105 Å². The van der Waals surface area contributed by atoms with Gasteiger partial charge in [-0.15, -0.1) is 0 Å². The SMILES string of the molecule is CCC(C)(C)C(=O)Oc1ccc([S+](c2ccccc2)c2ccccc2)cc1.CCC(C)(C)C(=O)Oc1ccc([S+]2c3ccccc3Sc3ccccc32)cc1.CCC(C)C(=O)Oc1ccc([S+](c2ccccc2)c2ccccc2)cc1.CCC(C)C(=O)Oc1ccc([S+]2c3ccccc3Sc3ccccc32)cc1. The first kappa shape index (κ1) is 79.7. The van der Waals surface area contributed by atoms with Gasteiger partial charge in [0.2, 0.25) is 0 Å². The number of hydrogen-bond donors (Lipinski definition) is 0. The Balaban J connectivity index is 0.000000143. The van der Waals surface area contributed by atoms with Crippen LogP contribution in [0.25, 0.3) is 0 Å². The molecule has 2 aliphatic heterocycles. The average Bonchev–Trinajstić information content (AvgIpc) is 0.768. The van der Waals surface area contributed by atoms with E-state index < -0.39 is 10.8 Å². The first-order valence-electron chi connectivity index (χ1n) is 36.5. The highest BCUT2D eigenvalue weighted by Gasteiger charge is 2.40. The number of hydrogen-bond acceptors (Lipinski definition) is 10. The fourth-order valence-corrected chi connectivity index (χ4v) is 22.6. The van der Waals surface area contributed by atoms with E-state index in [-0.39, 0.29) is 79.3 Å². The van der Waals surface area contributed by atoms with Gasteiger partial charge in [-0.25, -0.2) is 0 Å². The van der Waals surface area contributed by atoms with Crippen molar-refractivity contribution in [2.24, 2.45) is 22.7 Å². The lowest BCUT2D eigenvalue weighted by molar-refractivity contribution is -0.144. The summed E-state index contributed by atoms with van der Waals surface area (Å²) in [6.45, 7) is 19.4. The van der Waals surface area contributed by atoms with Crippen LogP contribution in [0.2, 0.25) is 0 Å². The van der Waals surface area contributed by atoms with Crippen LogP contribution in [0.1, 0.15) is 94.9 Å². The molecule has 0 amide bonds. The third kappa shape index (κ3) is 20.3. The summed E-state index contributed by atoms with van der Waals surface area (Å²) in [5.41, 5.74) is -0.948. The van der Waals surface area contributed by atoms with Crippen LogP contribution >= 0.6 is 23.5 Å². The highest BCUT2D eigenvalue weighted by Crippen LogP contribution is 2.50. The standard InChI is InChI=1S/C24H23O2S2.C24H25O2S.C23H21O2S2.C23H23O2S/c1-4-24(2,3)23(25)26-17-13-15-18(16-14-17)28-21-11-7-5-9-19(21)27-20-10-6-8-12-22(20)28;1-4-24(2,3)23(25)26-19-15-17-22(18-16-19)27(20-11-7-5-8-12-20)21-13-9-6-10-14-21;1-3-16(2)23(24)25-17-12-14-18(15-13-17)27-21-10-6-4-8-19(21)26-20-9-5-7-11-22(20)27;1-3-18(2)23(24)25-19-14-16-22(17-15-19)26(20-10-6-4-7-11-20)21-12-8-5-9-13-21/h5-16H,4H2,1-3H3;5-18H,4H2,1-3H3;4-16H,3H2,1-2H3;4-18H,3H2,1-2H3/q4*+1. The minimum Gasteiger partial charge on any atom is -0.426 e. The van der Waals surface area contributed by atoms with Crippen LogP contribution in [0.3, 0.4) is 0 Å². The first-order valence-corrected chi connectivity index (χ1v) is 43.1. The van der Waals surface area contributed by atoms with Crippen LogP contribution in [-0.4, -0.2) is 23.9 Å². The van der Waals surface area contributed by atoms with Crippen molar-refractivity contribution >= 4 is 91.0 Å². The van der Waals surface area contributed by atoms with Crippen molar-refractivity contribution in [1.82, 2.24) is 0 Å². The molecule has 0 bridgehead atoms. The maximum Gasteiger partial charge on any atom is 0.316 e. The zero-order valence-electron chi connectivity index (χ0n) is 62.7. The summed E-state index contributed by atoms with van der Waals surface area (Å²) in [6.07, 6.45) is 3.06. The Hall–Kier alpha value is -9.38. The van der Waals surface area contributed by atoms with Gasteiger partial charge in [0.25, 0.3) is 0 Å². The molecule has 12 aromatic carbocycles. The number of ether oxygens (including phenoxy) is 4. The van der Waals surface area contributed by atoms with Gasteiger partial charge >= 0.3 is 23.9 Å². The summed E-state index contributed by atoms with van der Waals surface area (Å²) in [6, 6.07) is 108. The molecule has 0 radical (unpaired) electrons. The number of benzene rings is 12. The Morgan fingerprint density at radius 1 is 0.306 bits per heavy atom. The highest BCUT2D eigenvalue weighted by molar-refractivity contribution is 8.04. The number of esters is 4. The molecule has 0 saturated carbocycles. The van der Waals surface area contributed by atoms with E-state index in [0.29, 0.717) is 23.0 Å². The molecular weight excluding hydrogens is 1450 g/mol. The molecule has 0 spiro atoms. The van der Waals surface area contributed by atoms with Crippen LogP contribution < -0.4 is 18.9 Å². The Morgan fingerprint density at radius 3 is 0.778 bits per heavy atom. The normalized spacial score (nSPS) is 12.8. The molecule has 0 N–H and O–H groups in total. The van der Waals surface area contributed by atoms with E-state index in [1.54, 1.807) is 0 Å². The molecule has 12 aromatic rings. The van der Waals surface area contributed by atoms with Crippen LogP contribution in [-0.2, 0) is 62.8 Å². The van der Waals surface area contributed by atoms with Gasteiger partial charge in [-0.05, 0) is 248 Å². The predicted octanol–water partition coefficient (Wildman–Crippen LogP) is 24.6. The number of fused-ring (bicyclic) bond motifs is 4. The van der Waals surface area contributed by atoms with Gasteiger partial charge in [-0.2, -0.15) is 0 Å². The van der Waals surface area contributed by atoms with Crippen LogP contribution in [0.4, 0.5) is 0 Å². The summed E-state index contributed by atoms with van der Waals surface area (Å²) in [4.78, 5) is 69.3. The second-order valence-electron chi connectivity index (χ2n) is 27.1. The number of carbonyl (C=O) groups is 4. The van der Waals surface area contributed by atoms with E-state index in [9.17, 15) is 19.2 Å². The second-order valence-corrected chi connectivity index (χ2v) is 37.2. The van der Waals surface area contributed by atoms with Crippen molar-refractivity contribution in [3.05, 3.63) is 315 Å². The van der Waals surface area contributed by atoms with E-state index >= 15 is 0 Å². The second kappa shape index (κ2) is 38.1. The lowest BCUT2D eigenvalue weighted by Gasteiger charge is -2.20. The van der Waals surface area contributed by atoms with Crippen molar-refractivity contribution in [1.29, 1.82) is 0 Å². The maximum atomic E-state index is 12.4. The van der Waals surface area contributed by atoms with Crippen LogP contribution in [0.5, 0.6) is 23.0 Å². The maximum absolute atomic E-state index is 12.4. The minimum atomic E-state index is -0.475. The molecule has 108 heavy (non-hydrogen) atoms. The third-order valence-electron chi connectivity index (χ3n) is 18.6. The Kier molecular flexibility index (Phi) is 28.1. The van der Waals surface area contributed by atoms with E-state index in [4.69, 9.17) is 18.9 Å². The Labute approximate surface area is 658 Å². The van der Waals surface area contributed by atoms with Gasteiger partial charge in [0, 0.05) is 0 Å². The summed E-state index contributed by atoms with van der Waals surface area (Å²) in [5, 5.41) is 0. The lowest BCUT2D eigenvalue weighted by atomic mass is 9.91. The number of carbonyl (C=O) groups excluding carboxylic acids is 4. The summed E-state index contributed by atoms with van der Waals surface area (Å²) < 4.78 is 22.2. The third-order valence-corrected chi connectivity index (χ3v) is 30.6. The van der Waals surface area contributed by atoms with Crippen molar-refractivity contribution in [2.45, 2.75) is 173 Å². The van der Waals surface area contributed by atoms with E-state index in [0.717, 1.165) is 25.7 Å². The molecule has 2 aliphatic rings. The molecular formula is C94H92O8S6+4. The molecule has 14 rings (SSSR count). The zero-order valence-corrected chi connectivity index (χ0v) is 67.6. The Bertz CT molecular complexity index is 4760. The first-order chi connectivity index (χ1) is 52.4. The lowest BCUT2D eigenvalue weighted by Crippen LogP contribution is -2.28. The number of rotatable bonds is 20. The van der Waals surface area contributed by atoms with E-state index in [2.05, 4.69) is 243 Å². The van der Waals surface area contributed by atoms with Crippen LogP contribution in [0, 0.1) is 22.7 Å². The summed E-state index contributed by atoms with van der Waals surface area (Å²) in [5.74, 6) is 1.52. The summed E-state index contributed by atoms with van der Waals surface area (Å²) >= 11 is 3.67. The molecule has 0 aromatic heterocycles. The molecule has 0 aliphatic carbocycles. The van der Waals surface area contributed by atoms with E-state index in [1.807, 2.05) is 166 Å². The van der Waals surface area contributed by atoms with Crippen molar-refractivity contribution in [2.75, 3.05) is 0 Å². The largest absolute Gasteiger partial charge is 0.426 e. The predicted molar refractivity (Wildman–Crippen MR) is 444 cm³/mol. The quantitative estimate of drug-likeness (QED) is 0.0416. The van der Waals surface area contributed by atoms with Gasteiger partial charge in [-0.3, -0.25) is 19.2 Å². The van der Waals surface area contributed by atoms with Gasteiger partial charge in [0.1, 0.15) is 44.8 Å². The fourth-order valence-electron chi connectivity index (χ4n) is 11.0. The average molecular weight is 1540 g/mol. The zero-order chi connectivity index (χ0) is 76.2. The van der Waals surface area contributed by atoms with Gasteiger partial charge < -0.3 is 18.9 Å². The smallest absolute Gasteiger partial charge is 0.316 e. The molecule has 2 atom stereocenters. The monoisotopic (exact) mass is 1540 g/mol. The molecule has 2 unspecified atom stereocenters. The molecule has 14 heteroatoms. The summed E-state index contributed by atoms with van der Waals surface area (Å²) in [7, 11) is -0.691. The molecule has 2 heterocycles. The molecule has 0 fully saturated rings. The van der Waals surface area contributed by atoms with Gasteiger partial charge in [-0.1, -0.05) is 186 Å². The molecule has 8 nitrogen and oxygen atoms in total. The van der Waals surface area contributed by atoms with Crippen molar-refractivity contribution < 1.29 is 38.1 Å². The minimum absolute atomic E-state index is 0.0827. The molecule has 548 valence electrons. The van der Waals surface area contributed by atoms with Gasteiger partial charge in [0.05, 0.1) is 64.0 Å². The van der Waals surface area contributed by atoms with Crippen molar-refractivity contribution in [3.63, 3.8) is 0 Å². The Morgan fingerprint density at radius 2 is 0.528 bits per heavy atom. The highest BCUT2D eigenvalue weighted by atomic mass is 32.2.